The molecule has 59 valence electrons. The van der Waals surface area contributed by atoms with Crippen molar-refractivity contribution in [2.75, 3.05) is 6.54 Å². The lowest BCUT2D eigenvalue weighted by Gasteiger charge is -2.07. The van der Waals surface area contributed by atoms with E-state index in [0.29, 0.717) is 0 Å². The maximum atomic E-state index is 4.19. The second-order valence-corrected chi connectivity index (χ2v) is 2.44. The summed E-state index contributed by atoms with van der Waals surface area (Å²) in [5, 5.41) is 2.98. The number of aliphatic imine (C=N–C) groups is 1. The Labute approximate surface area is 70.9 Å². The van der Waals surface area contributed by atoms with Gasteiger partial charge in [0, 0.05) is 18.0 Å². The third-order valence-corrected chi connectivity index (χ3v) is 1.66. The van der Waals surface area contributed by atoms with Gasteiger partial charge in [-0.15, -0.1) is 0 Å². The molecule has 1 aliphatic rings. The molecular weight excluding hydrogens is 150 g/mol. The number of hydrogen-bond acceptors (Lipinski definition) is 3. The van der Waals surface area contributed by atoms with Gasteiger partial charge in [-0.25, -0.2) is 0 Å². The maximum Gasteiger partial charge on any atom is 0.0781 e. The first-order chi connectivity index (χ1) is 5.97. The molecule has 0 aromatic carbocycles. The molecule has 0 atom stereocenters. The minimum Gasteiger partial charge on any atom is -0.376 e. The monoisotopic (exact) mass is 158 g/mol. The molecule has 0 fully saturated rings. The van der Waals surface area contributed by atoms with Crippen molar-refractivity contribution < 1.29 is 0 Å². The van der Waals surface area contributed by atoms with Gasteiger partial charge in [-0.3, -0.25) is 9.98 Å². The molecule has 1 aromatic rings. The van der Waals surface area contributed by atoms with Crippen molar-refractivity contribution in [3.05, 3.63) is 42.5 Å². The van der Waals surface area contributed by atoms with Gasteiger partial charge >= 0.3 is 0 Å². The summed E-state index contributed by atoms with van der Waals surface area (Å²) in [4.78, 5) is 8.13. The number of aromatic nitrogens is 1. The van der Waals surface area contributed by atoms with Crippen LogP contribution in [0.15, 0.2) is 35.7 Å². The van der Waals surface area contributed by atoms with E-state index in [1.54, 1.807) is 18.6 Å². The van der Waals surface area contributed by atoms with Gasteiger partial charge in [0.15, 0.2) is 0 Å². The Morgan fingerprint density at radius 1 is 1.33 bits per heavy atom. The molecule has 3 heteroatoms. The topological polar surface area (TPSA) is 37.3 Å². The second-order valence-electron chi connectivity index (χ2n) is 2.44. The van der Waals surface area contributed by atoms with Gasteiger partial charge in [0.05, 0.1) is 24.7 Å². The van der Waals surface area contributed by atoms with Crippen LogP contribution in [-0.2, 0) is 0 Å². The first kappa shape index (κ1) is 7.03. The molecule has 1 radical (unpaired) electrons. The quantitative estimate of drug-likeness (QED) is 0.654. The minimum atomic E-state index is 0.737. The summed E-state index contributed by atoms with van der Waals surface area (Å²) < 4.78 is 0. The zero-order valence-corrected chi connectivity index (χ0v) is 6.49. The van der Waals surface area contributed by atoms with Crippen LogP contribution in [0.3, 0.4) is 0 Å². The molecule has 0 spiro atoms. The van der Waals surface area contributed by atoms with Crippen molar-refractivity contribution >= 4 is 5.71 Å². The SMILES string of the molecule is [C]1=CN=C(c2ccncc2)CN1. The van der Waals surface area contributed by atoms with Crippen molar-refractivity contribution in [2.24, 2.45) is 4.99 Å². The first-order valence-electron chi connectivity index (χ1n) is 3.74. The molecule has 0 saturated heterocycles. The van der Waals surface area contributed by atoms with Crippen LogP contribution < -0.4 is 5.32 Å². The highest BCUT2D eigenvalue weighted by Gasteiger charge is 2.02. The van der Waals surface area contributed by atoms with Gasteiger partial charge < -0.3 is 5.32 Å². The zero-order chi connectivity index (χ0) is 8.23. The van der Waals surface area contributed by atoms with E-state index in [1.165, 1.54) is 0 Å². The van der Waals surface area contributed by atoms with Crippen molar-refractivity contribution in [3.8, 4) is 0 Å². The van der Waals surface area contributed by atoms with E-state index >= 15 is 0 Å². The second kappa shape index (κ2) is 3.17. The van der Waals surface area contributed by atoms with Crippen LogP contribution in [0.25, 0.3) is 0 Å². The number of nitrogens with one attached hydrogen (secondary N) is 1. The first-order valence-corrected chi connectivity index (χ1v) is 3.74. The predicted molar refractivity (Wildman–Crippen MR) is 46.6 cm³/mol. The number of pyridine rings is 1. The van der Waals surface area contributed by atoms with Crippen LogP contribution in [0.2, 0.25) is 0 Å². The molecule has 2 heterocycles. The third-order valence-electron chi connectivity index (χ3n) is 1.66. The molecule has 0 saturated carbocycles. The summed E-state index contributed by atoms with van der Waals surface area (Å²) in [6.07, 6.45) is 7.97. The van der Waals surface area contributed by atoms with Crippen molar-refractivity contribution in [1.82, 2.24) is 10.3 Å². The number of nitrogens with zero attached hydrogens (tertiary/aromatic N) is 2. The summed E-state index contributed by atoms with van der Waals surface area (Å²) in [7, 11) is 0. The lowest BCUT2D eigenvalue weighted by atomic mass is 10.1. The van der Waals surface area contributed by atoms with Crippen molar-refractivity contribution in [1.29, 1.82) is 0 Å². The summed E-state index contributed by atoms with van der Waals surface area (Å²) in [6.45, 7) is 0.737. The van der Waals surface area contributed by atoms with Crippen molar-refractivity contribution in [3.63, 3.8) is 0 Å². The van der Waals surface area contributed by atoms with E-state index < -0.39 is 0 Å². The van der Waals surface area contributed by atoms with Gasteiger partial charge in [-0.05, 0) is 12.1 Å². The Kier molecular flexibility index (Phi) is 1.86. The summed E-state index contributed by atoms with van der Waals surface area (Å²) in [5.41, 5.74) is 2.13. The van der Waals surface area contributed by atoms with Crippen LogP contribution >= 0.6 is 0 Å². The Hall–Kier alpha value is -1.64. The smallest absolute Gasteiger partial charge is 0.0781 e. The average molecular weight is 158 g/mol. The van der Waals surface area contributed by atoms with Crippen LogP contribution in [0.1, 0.15) is 5.56 Å². The number of rotatable bonds is 1. The molecule has 2 rings (SSSR count). The normalized spacial score (nSPS) is 15.2. The van der Waals surface area contributed by atoms with Crippen molar-refractivity contribution in [2.45, 2.75) is 0 Å². The molecule has 1 aromatic heterocycles. The van der Waals surface area contributed by atoms with E-state index in [9.17, 15) is 0 Å². The fourth-order valence-electron chi connectivity index (χ4n) is 1.06. The van der Waals surface area contributed by atoms with Gasteiger partial charge in [0.2, 0.25) is 0 Å². The largest absolute Gasteiger partial charge is 0.376 e. The zero-order valence-electron chi connectivity index (χ0n) is 6.49. The fourth-order valence-corrected chi connectivity index (χ4v) is 1.06. The summed E-state index contributed by atoms with van der Waals surface area (Å²) in [6, 6.07) is 3.89. The van der Waals surface area contributed by atoms with Gasteiger partial charge in [0.1, 0.15) is 0 Å². The van der Waals surface area contributed by atoms with Gasteiger partial charge in [-0.1, -0.05) is 0 Å². The Morgan fingerprint density at radius 3 is 2.83 bits per heavy atom. The Bertz CT molecular complexity index is 314. The fraction of sp³-hybridized carbons (Fsp3) is 0.111. The maximum absolute atomic E-state index is 4.19. The molecule has 0 unspecified atom stereocenters. The van der Waals surface area contributed by atoms with Crippen LogP contribution in [0.4, 0.5) is 0 Å². The van der Waals surface area contributed by atoms with E-state index in [4.69, 9.17) is 0 Å². The average Bonchev–Trinajstić information content (AvgIpc) is 2.21. The lowest BCUT2D eigenvalue weighted by molar-refractivity contribution is 0.955. The Morgan fingerprint density at radius 2 is 2.17 bits per heavy atom. The van der Waals surface area contributed by atoms with Gasteiger partial charge in [-0.2, -0.15) is 0 Å². The minimum absolute atomic E-state index is 0.737. The molecule has 12 heavy (non-hydrogen) atoms. The predicted octanol–water partition coefficient (Wildman–Crippen LogP) is 0.748. The molecule has 0 aliphatic carbocycles. The third kappa shape index (κ3) is 1.34. The molecular formula is C9H8N3. The van der Waals surface area contributed by atoms with E-state index in [1.807, 2.05) is 12.1 Å². The molecule has 1 aliphatic heterocycles. The van der Waals surface area contributed by atoms with E-state index in [-0.39, 0.29) is 0 Å². The van der Waals surface area contributed by atoms with E-state index in [2.05, 4.69) is 21.5 Å². The summed E-state index contributed by atoms with van der Waals surface area (Å²) in [5.74, 6) is 0. The number of hydrogen-bond donors (Lipinski definition) is 1. The molecule has 1 N–H and O–H groups in total. The van der Waals surface area contributed by atoms with Crippen LogP contribution in [0.5, 0.6) is 0 Å². The van der Waals surface area contributed by atoms with Crippen LogP contribution in [0, 0.1) is 6.20 Å². The highest BCUT2D eigenvalue weighted by Crippen LogP contribution is 2.01. The lowest BCUT2D eigenvalue weighted by Crippen LogP contribution is -2.21. The van der Waals surface area contributed by atoms with Gasteiger partial charge in [0.25, 0.3) is 0 Å². The molecule has 0 amide bonds. The van der Waals surface area contributed by atoms with E-state index in [0.717, 1.165) is 17.8 Å². The van der Waals surface area contributed by atoms with Crippen LogP contribution in [-0.4, -0.2) is 17.2 Å². The molecule has 0 bridgehead atoms. The Balaban J connectivity index is 2.31. The summed E-state index contributed by atoms with van der Waals surface area (Å²) >= 11 is 0. The standard InChI is InChI=1S/C9H8N3/c1-3-10-4-2-8(1)9-7-11-5-6-12-9/h1-4,6,11H,7H2. The molecule has 3 nitrogen and oxygen atoms in total. The highest BCUT2D eigenvalue weighted by atomic mass is 14.9. The highest BCUT2D eigenvalue weighted by molar-refractivity contribution is 6.02.